The van der Waals surface area contributed by atoms with Crippen molar-refractivity contribution in [2.45, 2.75) is 24.1 Å². The maximum atomic E-state index is 9.84. The van der Waals surface area contributed by atoms with Crippen LogP contribution >= 0.6 is 0 Å². The van der Waals surface area contributed by atoms with Crippen LogP contribution in [0.25, 0.3) is 0 Å². The fourth-order valence-corrected chi connectivity index (χ4v) is 0.559. The van der Waals surface area contributed by atoms with Gasteiger partial charge in [0, 0.05) is 0 Å². The van der Waals surface area contributed by atoms with Crippen molar-refractivity contribution < 1.29 is 65.1 Å². The number of aliphatic hydroxyl groups excluding tert-OH is 3. The Bertz CT molecular complexity index is 394. The second-order valence-electron chi connectivity index (χ2n) is 3.34. The van der Waals surface area contributed by atoms with Gasteiger partial charge in [-0.3, -0.25) is 0 Å². The van der Waals surface area contributed by atoms with Gasteiger partial charge >= 0.3 is 29.7 Å². The van der Waals surface area contributed by atoms with Crippen molar-refractivity contribution in [2.24, 2.45) is 0 Å². The molecule has 0 saturated heterocycles. The predicted molar refractivity (Wildman–Crippen MR) is 55.7 cm³/mol. The molecule has 0 amide bonds. The van der Waals surface area contributed by atoms with E-state index >= 15 is 0 Å². The number of carbonyl (C=O) groups is 4. The van der Waals surface area contributed by atoms with E-state index in [-0.39, 0.29) is 0 Å². The van der Waals surface area contributed by atoms with Crippen LogP contribution in [0.3, 0.4) is 0 Å². The highest BCUT2D eigenvalue weighted by Gasteiger charge is 2.46. The van der Waals surface area contributed by atoms with Gasteiger partial charge in [0.25, 0.3) is 0 Å². The Morgan fingerprint density at radius 2 is 0.952 bits per heavy atom. The van der Waals surface area contributed by atoms with Gasteiger partial charge in [0.2, 0.25) is 6.10 Å². The van der Waals surface area contributed by atoms with Crippen molar-refractivity contribution in [3.8, 4) is 0 Å². The molecule has 0 aliphatic rings. The maximum absolute atomic E-state index is 9.84. The molecule has 9 N–H and O–H groups in total. The van der Waals surface area contributed by atoms with E-state index < -0.39 is 48.0 Å². The molecule has 0 spiro atoms. The molecule has 13 heteroatoms. The predicted octanol–water partition coefficient (Wildman–Crippen LogP) is -4.93. The van der Waals surface area contributed by atoms with E-state index in [0.29, 0.717) is 0 Å². The number of carboxylic acid groups (broad SMARTS) is 4. The van der Waals surface area contributed by atoms with Crippen LogP contribution in [0.1, 0.15) is 0 Å². The quantitative estimate of drug-likeness (QED) is 0.208. The van der Waals surface area contributed by atoms with Crippen molar-refractivity contribution in [1.82, 2.24) is 0 Å². The Labute approximate surface area is 114 Å². The molecule has 0 aliphatic carbocycles. The number of aliphatic hydroxyl groups is 5. The largest absolute Gasteiger partial charge is 0.479 e. The second kappa shape index (κ2) is 8.08. The third-order valence-corrected chi connectivity index (χ3v) is 1.74. The van der Waals surface area contributed by atoms with Gasteiger partial charge < -0.3 is 46.0 Å². The summed E-state index contributed by atoms with van der Waals surface area (Å²) in [7, 11) is 0. The Morgan fingerprint density at radius 3 is 1.05 bits per heavy atom. The summed E-state index contributed by atoms with van der Waals surface area (Å²) in [6.45, 7) is 0. The topological polar surface area (TPSA) is 250 Å². The Balaban J connectivity index is 0. The van der Waals surface area contributed by atoms with Crippen LogP contribution in [0.4, 0.5) is 0 Å². The van der Waals surface area contributed by atoms with Gasteiger partial charge in [0.1, 0.15) is 0 Å². The molecule has 3 atom stereocenters. The van der Waals surface area contributed by atoms with Crippen LogP contribution in [0, 0.1) is 0 Å². The lowest BCUT2D eigenvalue weighted by Gasteiger charge is -2.18. The van der Waals surface area contributed by atoms with E-state index in [1.54, 1.807) is 0 Å². The number of hydrogen-bond donors (Lipinski definition) is 9. The van der Waals surface area contributed by atoms with Gasteiger partial charge in [-0.1, -0.05) is 0 Å². The summed E-state index contributed by atoms with van der Waals surface area (Å²) in [4.78, 5) is 39.2. The third kappa shape index (κ3) is 6.59. The Kier molecular flexibility index (Phi) is 8.07. The maximum Gasteiger partial charge on any atom is 0.367 e. The first-order valence-electron chi connectivity index (χ1n) is 4.67. The van der Waals surface area contributed by atoms with Crippen LogP contribution in [0.5, 0.6) is 0 Å². The highest BCUT2D eigenvalue weighted by Crippen LogP contribution is 2.06. The second-order valence-corrected chi connectivity index (χ2v) is 3.34. The number of aliphatic carboxylic acids is 4. The van der Waals surface area contributed by atoms with Gasteiger partial charge in [-0.05, 0) is 0 Å². The third-order valence-electron chi connectivity index (χ3n) is 1.74. The minimum absolute atomic E-state index is 1.77. The Hall–Kier alpha value is -2.32. The zero-order chi connectivity index (χ0) is 17.5. The van der Waals surface area contributed by atoms with Crippen LogP contribution in [-0.4, -0.2) is 93.9 Å². The number of carboxylic acids is 4. The van der Waals surface area contributed by atoms with E-state index in [0.717, 1.165) is 0 Å². The van der Waals surface area contributed by atoms with Crippen molar-refractivity contribution in [1.29, 1.82) is 0 Å². The van der Waals surface area contributed by atoms with Crippen LogP contribution in [0.2, 0.25) is 0 Å². The molecule has 0 aromatic rings. The monoisotopic (exact) mass is 316 g/mol. The molecule has 0 aromatic carbocycles. The molecule has 0 fully saturated rings. The SMILES string of the molecule is O=C(O)C(O)C(O)(O)C(=O)O.O=C(O)C(O)C(O)C(=O)O. The van der Waals surface area contributed by atoms with E-state index in [2.05, 4.69) is 0 Å². The lowest BCUT2D eigenvalue weighted by atomic mass is 10.1. The highest BCUT2D eigenvalue weighted by atomic mass is 16.6. The zero-order valence-electron chi connectivity index (χ0n) is 9.89. The minimum Gasteiger partial charge on any atom is -0.479 e. The average Bonchev–Trinajstić information content (AvgIpc) is 2.35. The summed E-state index contributed by atoms with van der Waals surface area (Å²) in [5.41, 5.74) is 0. The van der Waals surface area contributed by atoms with Gasteiger partial charge in [-0.2, -0.15) is 0 Å². The molecule has 0 rings (SSSR count). The highest BCUT2D eigenvalue weighted by molar-refractivity contribution is 5.85. The lowest BCUT2D eigenvalue weighted by Crippen LogP contribution is -2.53. The molecule has 0 aliphatic heterocycles. The molecule has 21 heavy (non-hydrogen) atoms. The van der Waals surface area contributed by atoms with Crippen LogP contribution in [-0.2, 0) is 19.2 Å². The van der Waals surface area contributed by atoms with Crippen molar-refractivity contribution in [3.05, 3.63) is 0 Å². The van der Waals surface area contributed by atoms with Crippen molar-refractivity contribution in [3.63, 3.8) is 0 Å². The minimum atomic E-state index is -3.65. The Morgan fingerprint density at radius 1 is 0.667 bits per heavy atom. The van der Waals surface area contributed by atoms with Gasteiger partial charge in [-0.25, -0.2) is 19.2 Å². The van der Waals surface area contributed by atoms with Crippen molar-refractivity contribution >= 4 is 23.9 Å². The fourth-order valence-electron chi connectivity index (χ4n) is 0.559. The standard InChI is InChI=1S/C4H6O7.C4H6O6/c5-1(2(6)7)4(10,11)3(8)9;5-1(3(7)8)2(6)4(9)10/h1,5,10-11H,(H,6,7)(H,8,9);1-2,5-6H,(H,7,8)(H,9,10). The van der Waals surface area contributed by atoms with E-state index in [1.807, 2.05) is 0 Å². The molecule has 0 radical (unpaired) electrons. The summed E-state index contributed by atoms with van der Waals surface area (Å²) in [6, 6.07) is 0. The van der Waals surface area contributed by atoms with Gasteiger partial charge in [0.15, 0.2) is 12.2 Å². The summed E-state index contributed by atoms with van der Waals surface area (Å²) >= 11 is 0. The molecule has 0 heterocycles. The number of hydrogen-bond acceptors (Lipinski definition) is 9. The molecule has 122 valence electrons. The first-order chi connectivity index (χ1) is 9.26. The average molecular weight is 316 g/mol. The van der Waals surface area contributed by atoms with Gasteiger partial charge in [0.05, 0.1) is 0 Å². The van der Waals surface area contributed by atoms with Crippen LogP contribution < -0.4 is 0 Å². The van der Waals surface area contributed by atoms with Gasteiger partial charge in [-0.15, -0.1) is 0 Å². The van der Waals surface area contributed by atoms with E-state index in [1.165, 1.54) is 0 Å². The molecule has 3 unspecified atom stereocenters. The first-order valence-corrected chi connectivity index (χ1v) is 4.67. The van der Waals surface area contributed by atoms with E-state index in [4.69, 9.17) is 46.0 Å². The molecule has 0 saturated carbocycles. The molecular weight excluding hydrogens is 304 g/mol. The normalized spacial score (nSPS) is 14.9. The van der Waals surface area contributed by atoms with E-state index in [9.17, 15) is 19.2 Å². The number of rotatable bonds is 6. The molecule has 0 bridgehead atoms. The summed E-state index contributed by atoms with van der Waals surface area (Å²) in [5, 5.41) is 73.5. The summed E-state index contributed by atoms with van der Waals surface area (Å²) in [5.74, 6) is -11.4. The fraction of sp³-hybridized carbons (Fsp3) is 0.500. The molecule has 0 aromatic heterocycles. The lowest BCUT2D eigenvalue weighted by molar-refractivity contribution is -0.238. The summed E-state index contributed by atoms with van der Waals surface area (Å²) < 4.78 is 0. The summed E-state index contributed by atoms with van der Waals surface area (Å²) in [6.07, 6.45) is -7.30. The first kappa shape index (κ1) is 21.0. The molecule has 13 nitrogen and oxygen atoms in total. The van der Waals surface area contributed by atoms with Crippen molar-refractivity contribution in [2.75, 3.05) is 0 Å². The smallest absolute Gasteiger partial charge is 0.367 e. The zero-order valence-corrected chi connectivity index (χ0v) is 9.89. The molecular formula is C8H12O13. The van der Waals surface area contributed by atoms with Crippen LogP contribution in [0.15, 0.2) is 0 Å².